The minimum Gasteiger partial charge on any atom is -0.504 e. The Labute approximate surface area is 72.1 Å². The van der Waals surface area contributed by atoms with Crippen LogP contribution in [0.5, 0.6) is 16.6 Å². The van der Waals surface area contributed by atoms with Gasteiger partial charge >= 0.3 is 0 Å². The fraction of sp³-hybridized carbons (Fsp3) is 0. The van der Waals surface area contributed by atoms with E-state index in [1.54, 1.807) is 12.1 Å². The van der Waals surface area contributed by atoms with Crippen molar-refractivity contribution in [2.75, 3.05) is 0 Å². The normalized spacial score (nSPS) is 10.7. The molecule has 0 atom stereocenters. The average molecular weight is 182 g/mol. The molecule has 0 unspecified atom stereocenters. The van der Waals surface area contributed by atoms with Crippen LogP contribution in [-0.4, -0.2) is 15.3 Å². The number of fused-ring (bicyclic) bond motifs is 1. The first-order valence-electron chi connectivity index (χ1n) is 3.32. The molecule has 4 heteroatoms. The van der Waals surface area contributed by atoms with Crippen molar-refractivity contribution in [3.63, 3.8) is 0 Å². The van der Waals surface area contributed by atoms with Gasteiger partial charge in [-0.2, -0.15) is 0 Å². The second-order valence-corrected chi connectivity index (χ2v) is 3.47. The second-order valence-electron chi connectivity index (χ2n) is 2.44. The Hall–Kier alpha value is -1.42. The van der Waals surface area contributed by atoms with E-state index in [1.807, 2.05) is 0 Å². The molecule has 3 nitrogen and oxygen atoms in total. The molecule has 1 aromatic heterocycles. The molecule has 0 saturated heterocycles. The summed E-state index contributed by atoms with van der Waals surface area (Å²) < 4.78 is 0.507. The van der Waals surface area contributed by atoms with Crippen LogP contribution in [0.4, 0.5) is 0 Å². The summed E-state index contributed by atoms with van der Waals surface area (Å²) >= 11 is 1.04. The molecule has 3 N–H and O–H groups in total. The third kappa shape index (κ3) is 0.887. The van der Waals surface area contributed by atoms with Gasteiger partial charge in [-0.3, -0.25) is 0 Å². The smallest absolute Gasteiger partial charge is 0.175 e. The van der Waals surface area contributed by atoms with Crippen LogP contribution in [-0.2, 0) is 0 Å². The maximum absolute atomic E-state index is 9.32. The lowest BCUT2D eigenvalue weighted by Gasteiger charge is -1.96. The number of hydrogen-bond donors (Lipinski definition) is 3. The summed E-state index contributed by atoms with van der Waals surface area (Å²) in [6.07, 6.45) is 0. The molecule has 62 valence electrons. The molecule has 0 spiro atoms. The summed E-state index contributed by atoms with van der Waals surface area (Å²) in [6, 6.07) is 4.57. The highest BCUT2D eigenvalue weighted by molar-refractivity contribution is 7.21. The lowest BCUT2D eigenvalue weighted by molar-refractivity contribution is 0.409. The van der Waals surface area contributed by atoms with Crippen molar-refractivity contribution in [3.05, 3.63) is 18.2 Å². The number of hydrogen-bond acceptors (Lipinski definition) is 4. The lowest BCUT2D eigenvalue weighted by Crippen LogP contribution is -1.67. The predicted molar refractivity (Wildman–Crippen MR) is 46.8 cm³/mol. The summed E-state index contributed by atoms with van der Waals surface area (Å²) in [5, 5.41) is 28.4. The van der Waals surface area contributed by atoms with Crippen molar-refractivity contribution in [1.29, 1.82) is 0 Å². The zero-order chi connectivity index (χ0) is 8.72. The van der Waals surface area contributed by atoms with Gasteiger partial charge in [0.25, 0.3) is 0 Å². The minimum absolute atomic E-state index is 0.130. The number of aromatic hydroxyl groups is 3. The highest BCUT2D eigenvalue weighted by atomic mass is 32.1. The Kier molecular flexibility index (Phi) is 1.38. The molecule has 0 saturated carbocycles. The molecule has 0 fully saturated rings. The van der Waals surface area contributed by atoms with Gasteiger partial charge < -0.3 is 15.3 Å². The minimum atomic E-state index is -0.169. The van der Waals surface area contributed by atoms with Crippen LogP contribution >= 0.6 is 11.3 Å². The first-order chi connectivity index (χ1) is 5.68. The molecule has 1 heterocycles. The van der Waals surface area contributed by atoms with E-state index >= 15 is 0 Å². The maximum Gasteiger partial charge on any atom is 0.175 e. The molecule has 0 bridgehead atoms. The van der Waals surface area contributed by atoms with Crippen LogP contribution < -0.4 is 0 Å². The predicted octanol–water partition coefficient (Wildman–Crippen LogP) is 2.02. The quantitative estimate of drug-likeness (QED) is 0.546. The summed E-state index contributed by atoms with van der Waals surface area (Å²) in [4.78, 5) is 0. The molecule has 0 radical (unpaired) electrons. The number of benzene rings is 1. The van der Waals surface area contributed by atoms with Gasteiger partial charge in [0.2, 0.25) is 0 Å². The largest absolute Gasteiger partial charge is 0.504 e. The monoisotopic (exact) mass is 182 g/mol. The molecule has 2 aromatic rings. The van der Waals surface area contributed by atoms with Gasteiger partial charge in [0, 0.05) is 5.39 Å². The van der Waals surface area contributed by atoms with Crippen molar-refractivity contribution >= 4 is 21.4 Å². The Morgan fingerprint density at radius 1 is 1.08 bits per heavy atom. The van der Waals surface area contributed by atoms with Crippen LogP contribution in [0.2, 0.25) is 0 Å². The zero-order valence-electron chi connectivity index (χ0n) is 5.98. The van der Waals surface area contributed by atoms with Crippen molar-refractivity contribution in [2.24, 2.45) is 0 Å². The van der Waals surface area contributed by atoms with Crippen molar-refractivity contribution in [1.82, 2.24) is 0 Å². The first-order valence-corrected chi connectivity index (χ1v) is 4.13. The third-order valence-corrected chi connectivity index (χ3v) is 2.59. The Morgan fingerprint density at radius 3 is 2.58 bits per heavy atom. The SMILES string of the molecule is Oc1cc2ccc(O)c(O)c2s1. The molecule has 12 heavy (non-hydrogen) atoms. The molecule has 2 rings (SSSR count). The van der Waals surface area contributed by atoms with E-state index in [2.05, 4.69) is 0 Å². The molecular formula is C8H6O3S. The highest BCUT2D eigenvalue weighted by Gasteiger charge is 2.08. The van der Waals surface area contributed by atoms with Gasteiger partial charge in [0.05, 0.1) is 4.70 Å². The fourth-order valence-electron chi connectivity index (χ4n) is 1.06. The number of rotatable bonds is 0. The van der Waals surface area contributed by atoms with E-state index in [1.165, 1.54) is 6.07 Å². The molecular weight excluding hydrogens is 176 g/mol. The molecule has 0 aliphatic carbocycles. The van der Waals surface area contributed by atoms with E-state index in [0.29, 0.717) is 4.70 Å². The van der Waals surface area contributed by atoms with Gasteiger partial charge in [-0.15, -0.1) is 0 Å². The van der Waals surface area contributed by atoms with E-state index in [9.17, 15) is 5.11 Å². The van der Waals surface area contributed by atoms with Gasteiger partial charge in [0.15, 0.2) is 16.6 Å². The van der Waals surface area contributed by atoms with Crippen molar-refractivity contribution < 1.29 is 15.3 Å². The molecule has 1 aromatic carbocycles. The van der Waals surface area contributed by atoms with Gasteiger partial charge in [-0.25, -0.2) is 0 Å². The summed E-state index contributed by atoms with van der Waals surface area (Å²) in [5.74, 6) is -0.331. The van der Waals surface area contributed by atoms with E-state index in [-0.39, 0.29) is 16.6 Å². The second kappa shape index (κ2) is 2.28. The standard InChI is InChI=1S/C8H6O3S/c9-5-2-1-4-3-6(10)12-8(4)7(5)11/h1-3,9-11H. The Balaban J connectivity index is 2.89. The number of phenolic OH excluding ortho intramolecular Hbond substituents is 2. The lowest BCUT2D eigenvalue weighted by atomic mass is 10.2. The van der Waals surface area contributed by atoms with Crippen molar-refractivity contribution in [3.8, 4) is 16.6 Å². The summed E-state index contributed by atoms with van der Waals surface area (Å²) in [7, 11) is 0. The summed E-state index contributed by atoms with van der Waals surface area (Å²) in [6.45, 7) is 0. The van der Waals surface area contributed by atoms with Gasteiger partial charge in [-0.05, 0) is 18.2 Å². The van der Waals surface area contributed by atoms with Crippen LogP contribution in [0.15, 0.2) is 18.2 Å². The molecule has 0 aliphatic rings. The van der Waals surface area contributed by atoms with E-state index < -0.39 is 0 Å². The zero-order valence-corrected chi connectivity index (χ0v) is 6.80. The van der Waals surface area contributed by atoms with Crippen LogP contribution in [0, 0.1) is 0 Å². The summed E-state index contributed by atoms with van der Waals surface area (Å²) in [5.41, 5.74) is 0. The van der Waals surface area contributed by atoms with Crippen LogP contribution in [0.25, 0.3) is 10.1 Å². The Morgan fingerprint density at radius 2 is 1.83 bits per heavy atom. The number of thiophene rings is 1. The number of phenols is 2. The maximum atomic E-state index is 9.32. The Bertz CT molecular complexity index is 433. The first kappa shape index (κ1) is 7.24. The molecule has 0 amide bonds. The van der Waals surface area contributed by atoms with E-state index in [4.69, 9.17) is 10.2 Å². The fourth-order valence-corrected chi connectivity index (χ4v) is 1.91. The van der Waals surface area contributed by atoms with Crippen LogP contribution in [0.3, 0.4) is 0 Å². The average Bonchev–Trinajstić information content (AvgIpc) is 2.39. The van der Waals surface area contributed by atoms with E-state index in [0.717, 1.165) is 16.7 Å². The third-order valence-electron chi connectivity index (χ3n) is 1.63. The van der Waals surface area contributed by atoms with Crippen molar-refractivity contribution in [2.45, 2.75) is 0 Å². The topological polar surface area (TPSA) is 60.7 Å². The van der Waals surface area contributed by atoms with Gasteiger partial charge in [0.1, 0.15) is 0 Å². The molecule has 0 aliphatic heterocycles. The highest BCUT2D eigenvalue weighted by Crippen LogP contribution is 2.40. The van der Waals surface area contributed by atoms with Gasteiger partial charge in [-0.1, -0.05) is 11.3 Å². The van der Waals surface area contributed by atoms with Crippen LogP contribution in [0.1, 0.15) is 0 Å².